The van der Waals surface area contributed by atoms with E-state index in [1.54, 1.807) is 0 Å². The highest BCUT2D eigenvalue weighted by molar-refractivity contribution is 8.03. The van der Waals surface area contributed by atoms with Crippen LogP contribution in [0, 0.1) is 5.92 Å². The zero-order valence-electron chi connectivity index (χ0n) is 5.16. The highest BCUT2D eigenvalue weighted by Crippen LogP contribution is 2.32. The van der Waals surface area contributed by atoms with Gasteiger partial charge in [-0.3, -0.25) is 4.99 Å². The van der Waals surface area contributed by atoms with Crippen molar-refractivity contribution >= 4 is 18.0 Å². The SMILES string of the molecule is C1=CC2CCN=CC2S1. The fourth-order valence-electron chi connectivity index (χ4n) is 1.26. The van der Waals surface area contributed by atoms with Crippen LogP contribution in [0.25, 0.3) is 0 Å². The predicted octanol–water partition coefficient (Wildman–Crippen LogP) is 1.71. The van der Waals surface area contributed by atoms with Gasteiger partial charge >= 0.3 is 0 Å². The molecule has 2 atom stereocenters. The zero-order valence-corrected chi connectivity index (χ0v) is 5.97. The molecular formula is C7H9NS. The Kier molecular flexibility index (Phi) is 1.34. The first-order valence-electron chi connectivity index (χ1n) is 3.29. The van der Waals surface area contributed by atoms with E-state index in [4.69, 9.17) is 0 Å². The zero-order chi connectivity index (χ0) is 6.10. The van der Waals surface area contributed by atoms with Crippen LogP contribution in [0.1, 0.15) is 6.42 Å². The minimum atomic E-state index is 0.679. The van der Waals surface area contributed by atoms with Crippen LogP contribution in [0.3, 0.4) is 0 Å². The van der Waals surface area contributed by atoms with Gasteiger partial charge in [-0.05, 0) is 17.7 Å². The average Bonchev–Trinajstić information content (AvgIpc) is 2.33. The molecule has 0 aliphatic carbocycles. The van der Waals surface area contributed by atoms with Gasteiger partial charge in [-0.2, -0.15) is 0 Å². The van der Waals surface area contributed by atoms with Crippen LogP contribution in [-0.4, -0.2) is 18.0 Å². The van der Waals surface area contributed by atoms with E-state index in [-0.39, 0.29) is 0 Å². The molecule has 2 rings (SSSR count). The van der Waals surface area contributed by atoms with E-state index in [0.29, 0.717) is 5.25 Å². The van der Waals surface area contributed by atoms with Crippen LogP contribution in [-0.2, 0) is 0 Å². The summed E-state index contributed by atoms with van der Waals surface area (Å²) in [6.07, 6.45) is 5.66. The highest BCUT2D eigenvalue weighted by atomic mass is 32.2. The Labute approximate surface area is 59.2 Å². The second kappa shape index (κ2) is 2.18. The molecule has 48 valence electrons. The highest BCUT2D eigenvalue weighted by Gasteiger charge is 2.23. The number of aliphatic imine (C=N–C) groups is 1. The molecule has 0 amide bonds. The van der Waals surface area contributed by atoms with Gasteiger partial charge in [0.15, 0.2) is 0 Å². The molecule has 0 spiro atoms. The molecule has 2 aliphatic heterocycles. The molecule has 0 aromatic heterocycles. The van der Waals surface area contributed by atoms with E-state index < -0.39 is 0 Å². The van der Waals surface area contributed by atoms with Crippen molar-refractivity contribution in [3.8, 4) is 0 Å². The third kappa shape index (κ3) is 0.917. The largest absolute Gasteiger partial charge is 0.296 e. The number of allylic oxidation sites excluding steroid dienone is 1. The second-order valence-corrected chi connectivity index (χ2v) is 3.53. The van der Waals surface area contributed by atoms with Gasteiger partial charge in [0.1, 0.15) is 0 Å². The van der Waals surface area contributed by atoms with Crippen molar-refractivity contribution < 1.29 is 0 Å². The molecule has 2 aliphatic rings. The Morgan fingerprint density at radius 1 is 1.56 bits per heavy atom. The summed E-state index contributed by atoms with van der Waals surface area (Å²) >= 11 is 1.90. The van der Waals surface area contributed by atoms with Crippen molar-refractivity contribution in [1.82, 2.24) is 0 Å². The van der Waals surface area contributed by atoms with Crippen LogP contribution >= 0.6 is 11.8 Å². The van der Waals surface area contributed by atoms with E-state index >= 15 is 0 Å². The van der Waals surface area contributed by atoms with Gasteiger partial charge in [-0.25, -0.2) is 0 Å². The Hall–Kier alpha value is -0.240. The quantitative estimate of drug-likeness (QED) is 0.497. The summed E-state index contributed by atoms with van der Waals surface area (Å²) in [6.45, 7) is 1.03. The third-order valence-electron chi connectivity index (χ3n) is 1.83. The minimum Gasteiger partial charge on any atom is -0.296 e. The summed E-state index contributed by atoms with van der Waals surface area (Å²) in [7, 11) is 0. The lowest BCUT2D eigenvalue weighted by atomic mass is 10.0. The maximum atomic E-state index is 4.23. The summed E-state index contributed by atoms with van der Waals surface area (Å²) < 4.78 is 0. The Morgan fingerprint density at radius 2 is 2.56 bits per heavy atom. The molecule has 2 heterocycles. The first-order valence-corrected chi connectivity index (χ1v) is 4.23. The van der Waals surface area contributed by atoms with E-state index in [9.17, 15) is 0 Å². The topological polar surface area (TPSA) is 12.4 Å². The summed E-state index contributed by atoms with van der Waals surface area (Å²) in [5.41, 5.74) is 0. The Bertz CT molecular complexity index is 162. The van der Waals surface area contributed by atoms with Crippen molar-refractivity contribution in [2.75, 3.05) is 6.54 Å². The first-order chi connectivity index (χ1) is 4.47. The fourth-order valence-corrected chi connectivity index (χ4v) is 2.31. The fraction of sp³-hybridized carbons (Fsp3) is 0.571. The normalized spacial score (nSPS) is 39.1. The van der Waals surface area contributed by atoms with Gasteiger partial charge in [0.05, 0.1) is 5.25 Å². The number of nitrogens with zero attached hydrogens (tertiary/aromatic N) is 1. The van der Waals surface area contributed by atoms with E-state index in [0.717, 1.165) is 12.5 Å². The average molecular weight is 139 g/mol. The van der Waals surface area contributed by atoms with Crippen LogP contribution in [0.5, 0.6) is 0 Å². The van der Waals surface area contributed by atoms with Crippen molar-refractivity contribution in [3.63, 3.8) is 0 Å². The molecule has 0 aromatic rings. The summed E-state index contributed by atoms with van der Waals surface area (Å²) in [5.74, 6) is 0.799. The van der Waals surface area contributed by atoms with Crippen LogP contribution in [0.4, 0.5) is 0 Å². The van der Waals surface area contributed by atoms with E-state index in [1.165, 1.54) is 6.42 Å². The summed E-state index contributed by atoms with van der Waals surface area (Å²) in [6, 6.07) is 0. The number of thioether (sulfide) groups is 1. The monoisotopic (exact) mass is 139 g/mol. The number of hydrogen-bond acceptors (Lipinski definition) is 2. The molecule has 2 heteroatoms. The van der Waals surface area contributed by atoms with E-state index in [1.807, 2.05) is 11.8 Å². The van der Waals surface area contributed by atoms with Gasteiger partial charge in [0.2, 0.25) is 0 Å². The first kappa shape index (κ1) is 5.54. The number of fused-ring (bicyclic) bond motifs is 1. The Morgan fingerprint density at radius 3 is 3.44 bits per heavy atom. The third-order valence-corrected chi connectivity index (χ3v) is 2.93. The molecule has 9 heavy (non-hydrogen) atoms. The van der Waals surface area contributed by atoms with Crippen molar-refractivity contribution in [3.05, 3.63) is 11.5 Å². The maximum absolute atomic E-state index is 4.23. The van der Waals surface area contributed by atoms with Gasteiger partial charge in [0.25, 0.3) is 0 Å². The van der Waals surface area contributed by atoms with Gasteiger partial charge in [-0.15, -0.1) is 11.8 Å². The molecule has 0 N–H and O–H groups in total. The maximum Gasteiger partial charge on any atom is 0.0501 e. The van der Waals surface area contributed by atoms with Crippen LogP contribution in [0.2, 0.25) is 0 Å². The number of hydrogen-bond donors (Lipinski definition) is 0. The van der Waals surface area contributed by atoms with Gasteiger partial charge in [0, 0.05) is 12.8 Å². The molecule has 1 nitrogen and oxygen atoms in total. The Balaban J connectivity index is 2.16. The number of rotatable bonds is 0. The lowest BCUT2D eigenvalue weighted by Gasteiger charge is -2.16. The van der Waals surface area contributed by atoms with Crippen molar-refractivity contribution in [2.45, 2.75) is 11.7 Å². The molecule has 0 bridgehead atoms. The molecule has 2 unspecified atom stereocenters. The summed E-state index contributed by atoms with van der Waals surface area (Å²) in [5, 5.41) is 2.88. The van der Waals surface area contributed by atoms with Crippen LogP contribution < -0.4 is 0 Å². The van der Waals surface area contributed by atoms with Gasteiger partial charge in [-0.1, -0.05) is 6.08 Å². The smallest absolute Gasteiger partial charge is 0.0501 e. The second-order valence-electron chi connectivity index (χ2n) is 2.44. The van der Waals surface area contributed by atoms with E-state index in [2.05, 4.69) is 22.7 Å². The van der Waals surface area contributed by atoms with Crippen molar-refractivity contribution in [2.24, 2.45) is 10.9 Å². The standard InChI is InChI=1S/C7H9NS/c1-3-8-5-7-6(1)2-4-9-7/h2,4-7H,1,3H2. The van der Waals surface area contributed by atoms with Crippen LogP contribution in [0.15, 0.2) is 16.5 Å². The molecular weight excluding hydrogens is 130 g/mol. The lowest BCUT2D eigenvalue weighted by molar-refractivity contribution is 0.623. The minimum absolute atomic E-state index is 0.679. The molecule has 0 radical (unpaired) electrons. The van der Waals surface area contributed by atoms with Gasteiger partial charge < -0.3 is 0 Å². The molecule has 0 saturated heterocycles. The molecule has 0 aromatic carbocycles. The van der Waals surface area contributed by atoms with Crippen molar-refractivity contribution in [1.29, 1.82) is 0 Å². The molecule has 0 fully saturated rings. The summed E-state index contributed by atoms with van der Waals surface area (Å²) in [4.78, 5) is 4.23. The lowest BCUT2D eigenvalue weighted by Crippen LogP contribution is -2.18. The molecule has 0 saturated carbocycles. The predicted molar refractivity (Wildman–Crippen MR) is 42.0 cm³/mol.